The summed E-state index contributed by atoms with van der Waals surface area (Å²) in [6, 6.07) is 7.12. The fourth-order valence-corrected chi connectivity index (χ4v) is 1.99. The van der Waals surface area contributed by atoms with Crippen molar-refractivity contribution in [3.63, 3.8) is 0 Å². The van der Waals surface area contributed by atoms with Crippen LogP contribution in [0.1, 0.15) is 16.1 Å². The first-order valence-corrected chi connectivity index (χ1v) is 6.69. The van der Waals surface area contributed by atoms with Gasteiger partial charge in [0.25, 0.3) is 11.6 Å². The first-order chi connectivity index (χ1) is 10.5. The minimum Gasteiger partial charge on any atom is -0.506 e. The van der Waals surface area contributed by atoms with Crippen LogP contribution in [0.25, 0.3) is 0 Å². The quantitative estimate of drug-likeness (QED) is 0.489. The number of hydrogen-bond donors (Lipinski definition) is 2. The second-order valence-corrected chi connectivity index (χ2v) is 4.89. The zero-order chi connectivity index (χ0) is 16.1. The number of nitrogens with one attached hydrogen (secondary N) is 1. The van der Waals surface area contributed by atoms with Gasteiger partial charge in [-0.3, -0.25) is 19.9 Å². The molecule has 0 aliphatic carbocycles. The summed E-state index contributed by atoms with van der Waals surface area (Å²) in [7, 11) is 0. The third-order valence-corrected chi connectivity index (χ3v) is 3.16. The minimum atomic E-state index is -0.603. The molecule has 2 aromatic rings. The molecule has 0 saturated carbocycles. The number of carbonyl (C=O) groups is 1. The topological polar surface area (TPSA) is 118 Å². The highest BCUT2D eigenvalue weighted by Gasteiger charge is 2.13. The summed E-state index contributed by atoms with van der Waals surface area (Å²) in [6.45, 7) is 0. The fourth-order valence-electron chi connectivity index (χ4n) is 1.52. The van der Waals surface area contributed by atoms with Gasteiger partial charge in [-0.05, 0) is 28.1 Å². The van der Waals surface area contributed by atoms with E-state index < -0.39 is 10.8 Å². The molecule has 0 fully saturated rings. The molecule has 1 aromatic heterocycles. The molecule has 2 rings (SSSR count). The highest BCUT2D eigenvalue weighted by molar-refractivity contribution is 9.10. The van der Waals surface area contributed by atoms with Crippen molar-refractivity contribution in [3.05, 3.63) is 62.4 Å². The summed E-state index contributed by atoms with van der Waals surface area (Å²) in [5.74, 6) is -0.762. The van der Waals surface area contributed by atoms with Crippen molar-refractivity contribution in [1.29, 1.82) is 0 Å². The lowest BCUT2D eigenvalue weighted by molar-refractivity contribution is -0.385. The predicted molar refractivity (Wildman–Crippen MR) is 81.8 cm³/mol. The average molecular weight is 365 g/mol. The standard InChI is InChI=1S/C13H9BrN4O4/c14-10-6-9(18(21)22)5-8(12(10)19)7-16-17-13(20)11-3-1-2-4-15-11/h1-7,19H,(H,17,20)/b16-7-. The zero-order valence-electron chi connectivity index (χ0n) is 10.9. The van der Waals surface area contributed by atoms with Gasteiger partial charge in [0.2, 0.25) is 0 Å². The van der Waals surface area contributed by atoms with Crippen LogP contribution in [-0.4, -0.2) is 27.1 Å². The van der Waals surface area contributed by atoms with Gasteiger partial charge < -0.3 is 5.11 Å². The van der Waals surface area contributed by atoms with Crippen LogP contribution in [-0.2, 0) is 0 Å². The number of rotatable bonds is 4. The van der Waals surface area contributed by atoms with Crippen LogP contribution in [0.3, 0.4) is 0 Å². The second kappa shape index (κ2) is 6.76. The molecule has 112 valence electrons. The van der Waals surface area contributed by atoms with Crippen LogP contribution in [0.5, 0.6) is 5.75 Å². The Hall–Kier alpha value is -2.81. The SMILES string of the molecule is O=C(N/N=C\c1cc([N+](=O)[O-])cc(Br)c1O)c1ccccn1. The van der Waals surface area contributed by atoms with E-state index in [2.05, 4.69) is 31.4 Å². The van der Waals surface area contributed by atoms with Crippen molar-refractivity contribution >= 4 is 33.7 Å². The van der Waals surface area contributed by atoms with E-state index in [9.17, 15) is 20.0 Å². The number of aromatic hydroxyl groups is 1. The molecule has 22 heavy (non-hydrogen) atoms. The lowest BCUT2D eigenvalue weighted by atomic mass is 10.2. The van der Waals surface area contributed by atoms with E-state index in [1.807, 2.05) is 0 Å². The number of carbonyl (C=O) groups excluding carboxylic acids is 1. The van der Waals surface area contributed by atoms with Crippen molar-refractivity contribution < 1.29 is 14.8 Å². The average Bonchev–Trinajstić information content (AvgIpc) is 2.51. The number of non-ortho nitro benzene ring substituents is 1. The van der Waals surface area contributed by atoms with Gasteiger partial charge in [-0.1, -0.05) is 6.07 Å². The third kappa shape index (κ3) is 3.64. The van der Waals surface area contributed by atoms with Crippen molar-refractivity contribution in [2.45, 2.75) is 0 Å². The number of nitro benzene ring substituents is 1. The Morgan fingerprint density at radius 1 is 1.45 bits per heavy atom. The summed E-state index contributed by atoms with van der Waals surface area (Å²) < 4.78 is 0.152. The van der Waals surface area contributed by atoms with Crippen LogP contribution < -0.4 is 5.43 Å². The van der Waals surface area contributed by atoms with Crippen LogP contribution in [0.4, 0.5) is 5.69 Å². The molecule has 2 N–H and O–H groups in total. The molecule has 1 amide bonds. The van der Waals surface area contributed by atoms with Gasteiger partial charge in [0.05, 0.1) is 15.6 Å². The summed E-state index contributed by atoms with van der Waals surface area (Å²) in [5, 5.41) is 24.2. The summed E-state index contributed by atoms with van der Waals surface area (Å²) in [5.41, 5.74) is 2.25. The van der Waals surface area contributed by atoms with Crippen molar-refractivity contribution in [3.8, 4) is 5.75 Å². The number of amides is 1. The van der Waals surface area contributed by atoms with E-state index in [0.29, 0.717) is 0 Å². The Kier molecular flexibility index (Phi) is 4.79. The number of aromatic nitrogens is 1. The van der Waals surface area contributed by atoms with Gasteiger partial charge in [0.15, 0.2) is 0 Å². The number of phenolic OH excluding ortho intramolecular Hbond substituents is 1. The number of nitro groups is 1. The fraction of sp³-hybridized carbons (Fsp3) is 0. The van der Waals surface area contributed by atoms with Crippen LogP contribution >= 0.6 is 15.9 Å². The molecule has 0 aliphatic heterocycles. The Morgan fingerprint density at radius 3 is 2.86 bits per heavy atom. The lowest BCUT2D eigenvalue weighted by Gasteiger charge is -2.02. The Bertz CT molecular complexity index is 749. The molecular weight excluding hydrogens is 356 g/mol. The first kappa shape index (κ1) is 15.6. The number of hydrazone groups is 1. The molecule has 9 heteroatoms. The number of pyridine rings is 1. The van der Waals surface area contributed by atoms with Gasteiger partial charge in [-0.2, -0.15) is 5.10 Å². The summed E-state index contributed by atoms with van der Waals surface area (Å²) in [6.07, 6.45) is 2.57. The van der Waals surface area contributed by atoms with Crippen LogP contribution in [0.15, 0.2) is 46.1 Å². The molecule has 1 aromatic carbocycles. The smallest absolute Gasteiger partial charge is 0.289 e. The highest BCUT2D eigenvalue weighted by atomic mass is 79.9. The second-order valence-electron chi connectivity index (χ2n) is 4.04. The molecule has 0 saturated heterocycles. The van der Waals surface area contributed by atoms with Gasteiger partial charge in [0, 0.05) is 23.9 Å². The molecule has 0 spiro atoms. The Morgan fingerprint density at radius 2 is 2.23 bits per heavy atom. The molecule has 0 atom stereocenters. The number of halogens is 1. The van der Waals surface area contributed by atoms with Gasteiger partial charge >= 0.3 is 0 Å². The summed E-state index contributed by atoms with van der Waals surface area (Å²) >= 11 is 3.01. The normalized spacial score (nSPS) is 10.6. The maximum absolute atomic E-state index is 11.7. The maximum atomic E-state index is 11.7. The first-order valence-electron chi connectivity index (χ1n) is 5.90. The van der Waals surface area contributed by atoms with E-state index in [1.54, 1.807) is 12.1 Å². The highest BCUT2D eigenvalue weighted by Crippen LogP contribution is 2.31. The monoisotopic (exact) mass is 364 g/mol. The van der Waals surface area contributed by atoms with E-state index >= 15 is 0 Å². The predicted octanol–water partition coefficient (Wildman–Crippen LogP) is 2.22. The van der Waals surface area contributed by atoms with Crippen LogP contribution in [0, 0.1) is 10.1 Å². The maximum Gasteiger partial charge on any atom is 0.289 e. The lowest BCUT2D eigenvalue weighted by Crippen LogP contribution is -2.18. The van der Waals surface area contributed by atoms with E-state index in [4.69, 9.17) is 0 Å². The molecule has 0 unspecified atom stereocenters. The number of hydrogen-bond acceptors (Lipinski definition) is 6. The molecule has 0 radical (unpaired) electrons. The third-order valence-electron chi connectivity index (χ3n) is 2.56. The van der Waals surface area contributed by atoms with Gasteiger partial charge in [0.1, 0.15) is 11.4 Å². The van der Waals surface area contributed by atoms with Crippen molar-refractivity contribution in [1.82, 2.24) is 10.4 Å². The van der Waals surface area contributed by atoms with Gasteiger partial charge in [-0.15, -0.1) is 0 Å². The number of benzene rings is 1. The largest absolute Gasteiger partial charge is 0.506 e. The zero-order valence-corrected chi connectivity index (χ0v) is 12.5. The number of nitrogens with zero attached hydrogens (tertiary/aromatic N) is 3. The van der Waals surface area contributed by atoms with Crippen molar-refractivity contribution in [2.75, 3.05) is 0 Å². The summed E-state index contributed by atoms with van der Waals surface area (Å²) in [4.78, 5) is 25.7. The molecule has 0 bridgehead atoms. The number of phenols is 1. The molecule has 0 aliphatic rings. The van der Waals surface area contributed by atoms with E-state index in [1.165, 1.54) is 18.3 Å². The molecule has 1 heterocycles. The van der Waals surface area contributed by atoms with E-state index in [0.717, 1.165) is 12.3 Å². The Balaban J connectivity index is 2.17. The molecule has 8 nitrogen and oxygen atoms in total. The Labute approximate surface area is 132 Å². The van der Waals surface area contributed by atoms with Gasteiger partial charge in [-0.25, -0.2) is 5.43 Å². The van der Waals surface area contributed by atoms with E-state index in [-0.39, 0.29) is 27.2 Å². The minimum absolute atomic E-state index is 0.0856. The van der Waals surface area contributed by atoms with Crippen molar-refractivity contribution in [2.24, 2.45) is 5.10 Å². The molecular formula is C13H9BrN4O4. The van der Waals surface area contributed by atoms with Crippen LogP contribution in [0.2, 0.25) is 0 Å².